The van der Waals surface area contributed by atoms with Crippen molar-refractivity contribution in [2.75, 3.05) is 18.5 Å². The van der Waals surface area contributed by atoms with Crippen LogP contribution in [-0.4, -0.2) is 47.2 Å². The predicted molar refractivity (Wildman–Crippen MR) is 103 cm³/mol. The predicted octanol–water partition coefficient (Wildman–Crippen LogP) is 2.38. The van der Waals surface area contributed by atoms with Crippen LogP contribution in [0.5, 0.6) is 0 Å². The number of hydrogen-bond acceptors (Lipinski definition) is 7. The van der Waals surface area contributed by atoms with Crippen molar-refractivity contribution < 1.29 is 24.4 Å². The van der Waals surface area contributed by atoms with E-state index in [1.165, 1.54) is 19.1 Å². The number of benzene rings is 1. The summed E-state index contributed by atoms with van der Waals surface area (Å²) in [6.45, 7) is 1.46. The van der Waals surface area contributed by atoms with Crippen LogP contribution in [0.1, 0.15) is 55.8 Å². The molecule has 0 aromatic heterocycles. The Hall–Kier alpha value is -2.68. The van der Waals surface area contributed by atoms with Crippen molar-refractivity contribution >= 4 is 23.3 Å². The average Bonchev–Trinajstić information content (AvgIpc) is 2.94. The Morgan fingerprint density at radius 1 is 1.29 bits per heavy atom. The largest absolute Gasteiger partial charge is 0.449 e. The van der Waals surface area contributed by atoms with E-state index in [0.29, 0.717) is 5.69 Å². The lowest BCUT2D eigenvalue weighted by molar-refractivity contribution is -0.384. The molecular formula is C19H27N3O6. The van der Waals surface area contributed by atoms with Gasteiger partial charge in [0.05, 0.1) is 17.1 Å². The van der Waals surface area contributed by atoms with E-state index in [0.717, 1.165) is 44.6 Å². The molecule has 2 rings (SSSR count). The normalized spacial score (nSPS) is 15.9. The standard InChI is InChI=1S/C19H27N3O6/c1-13(18(24)21-14-6-4-2-3-5-7-14)28-19(25)16-12-15(22(26)27)8-9-17(16)20-10-11-23/h8-9,12-14,20,23H,2-7,10-11H2,1H3,(H,21,24)/t13-/m0/s1. The van der Waals surface area contributed by atoms with Gasteiger partial charge in [0.2, 0.25) is 0 Å². The number of carbonyl (C=O) groups excluding carboxylic acids is 2. The van der Waals surface area contributed by atoms with Gasteiger partial charge in [-0.05, 0) is 25.8 Å². The number of aliphatic hydroxyl groups excluding tert-OH is 1. The first-order valence-electron chi connectivity index (χ1n) is 9.57. The van der Waals surface area contributed by atoms with Crippen LogP contribution in [0.15, 0.2) is 18.2 Å². The number of carbonyl (C=O) groups is 2. The van der Waals surface area contributed by atoms with Crippen molar-refractivity contribution in [3.8, 4) is 0 Å². The zero-order valence-electron chi connectivity index (χ0n) is 16.0. The number of aliphatic hydroxyl groups is 1. The van der Waals surface area contributed by atoms with Gasteiger partial charge >= 0.3 is 5.97 Å². The minimum absolute atomic E-state index is 0.0585. The average molecular weight is 393 g/mol. The van der Waals surface area contributed by atoms with Gasteiger partial charge in [0.25, 0.3) is 11.6 Å². The van der Waals surface area contributed by atoms with Gasteiger partial charge in [0.1, 0.15) is 0 Å². The summed E-state index contributed by atoms with van der Waals surface area (Å²) in [6, 6.07) is 3.80. The second-order valence-corrected chi connectivity index (χ2v) is 6.88. The van der Waals surface area contributed by atoms with Gasteiger partial charge in [0, 0.05) is 30.4 Å². The number of anilines is 1. The van der Waals surface area contributed by atoms with Crippen LogP contribution >= 0.6 is 0 Å². The summed E-state index contributed by atoms with van der Waals surface area (Å²) in [4.78, 5) is 35.3. The maximum absolute atomic E-state index is 12.5. The Bertz CT molecular complexity index is 701. The number of ether oxygens (including phenoxy) is 1. The third kappa shape index (κ3) is 6.19. The second kappa shape index (κ2) is 10.6. The molecule has 0 radical (unpaired) electrons. The maximum atomic E-state index is 12.5. The number of nitro benzene ring substituents is 1. The first-order valence-corrected chi connectivity index (χ1v) is 9.57. The van der Waals surface area contributed by atoms with Gasteiger partial charge in [-0.15, -0.1) is 0 Å². The Morgan fingerprint density at radius 2 is 1.96 bits per heavy atom. The van der Waals surface area contributed by atoms with E-state index in [1.807, 2.05) is 0 Å². The first kappa shape index (κ1) is 21.6. The molecule has 154 valence electrons. The monoisotopic (exact) mass is 393 g/mol. The Balaban J connectivity index is 2.05. The fourth-order valence-electron chi connectivity index (χ4n) is 3.18. The molecule has 9 nitrogen and oxygen atoms in total. The molecule has 1 aliphatic rings. The van der Waals surface area contributed by atoms with Gasteiger partial charge in [0.15, 0.2) is 6.10 Å². The van der Waals surface area contributed by atoms with Crippen LogP contribution in [0.3, 0.4) is 0 Å². The minimum Gasteiger partial charge on any atom is -0.449 e. The van der Waals surface area contributed by atoms with Crippen LogP contribution in [0.25, 0.3) is 0 Å². The molecule has 3 N–H and O–H groups in total. The van der Waals surface area contributed by atoms with E-state index >= 15 is 0 Å². The number of esters is 1. The van der Waals surface area contributed by atoms with Crippen LogP contribution < -0.4 is 10.6 Å². The molecule has 9 heteroatoms. The summed E-state index contributed by atoms with van der Waals surface area (Å²) in [5, 5.41) is 25.7. The third-order valence-electron chi connectivity index (χ3n) is 4.72. The molecule has 0 spiro atoms. The minimum atomic E-state index is -1.03. The molecule has 0 saturated heterocycles. The fraction of sp³-hybridized carbons (Fsp3) is 0.579. The SMILES string of the molecule is C[C@H](OC(=O)c1cc([N+](=O)[O-])ccc1NCCO)C(=O)NC1CCCCCC1. The third-order valence-corrected chi connectivity index (χ3v) is 4.72. The van der Waals surface area contributed by atoms with Crippen molar-refractivity contribution in [3.05, 3.63) is 33.9 Å². The molecule has 1 saturated carbocycles. The van der Waals surface area contributed by atoms with E-state index in [9.17, 15) is 19.7 Å². The van der Waals surface area contributed by atoms with E-state index in [-0.39, 0.29) is 36.4 Å². The zero-order chi connectivity index (χ0) is 20.5. The summed E-state index contributed by atoms with van der Waals surface area (Å²) in [7, 11) is 0. The van der Waals surface area contributed by atoms with E-state index in [1.54, 1.807) is 0 Å². The molecule has 0 aliphatic heterocycles. The van der Waals surface area contributed by atoms with E-state index < -0.39 is 17.0 Å². The topological polar surface area (TPSA) is 131 Å². The van der Waals surface area contributed by atoms with Crippen LogP contribution in [0.4, 0.5) is 11.4 Å². The molecule has 0 unspecified atom stereocenters. The second-order valence-electron chi connectivity index (χ2n) is 6.88. The van der Waals surface area contributed by atoms with Crippen molar-refractivity contribution in [1.29, 1.82) is 0 Å². The summed E-state index contributed by atoms with van der Waals surface area (Å²) < 4.78 is 5.25. The summed E-state index contributed by atoms with van der Waals surface area (Å²) >= 11 is 0. The highest BCUT2D eigenvalue weighted by Crippen LogP contribution is 2.23. The molecule has 28 heavy (non-hydrogen) atoms. The van der Waals surface area contributed by atoms with E-state index in [2.05, 4.69) is 10.6 Å². The lowest BCUT2D eigenvalue weighted by Gasteiger charge is -2.20. The fourth-order valence-corrected chi connectivity index (χ4v) is 3.18. The number of rotatable bonds is 8. The highest BCUT2D eigenvalue weighted by molar-refractivity contribution is 5.98. The first-order chi connectivity index (χ1) is 13.4. The summed E-state index contributed by atoms with van der Waals surface area (Å²) in [5.74, 6) is -1.22. The van der Waals surface area contributed by atoms with Gasteiger partial charge in [-0.3, -0.25) is 14.9 Å². The van der Waals surface area contributed by atoms with Crippen molar-refractivity contribution in [1.82, 2.24) is 5.32 Å². The Labute approximate surface area is 163 Å². The van der Waals surface area contributed by atoms with Gasteiger partial charge in [-0.25, -0.2) is 4.79 Å². The molecule has 1 aliphatic carbocycles. The highest BCUT2D eigenvalue weighted by atomic mass is 16.6. The van der Waals surface area contributed by atoms with Crippen LogP contribution in [-0.2, 0) is 9.53 Å². The zero-order valence-corrected chi connectivity index (χ0v) is 16.0. The Kier molecular flexibility index (Phi) is 8.19. The summed E-state index contributed by atoms with van der Waals surface area (Å²) in [6.07, 6.45) is 5.24. The molecule has 1 aromatic carbocycles. The van der Waals surface area contributed by atoms with Gasteiger partial charge in [-0.1, -0.05) is 25.7 Å². The van der Waals surface area contributed by atoms with Gasteiger partial charge < -0.3 is 20.5 Å². The molecule has 1 aromatic rings. The summed E-state index contributed by atoms with van der Waals surface area (Å²) in [5.41, 5.74) is -0.0325. The quantitative estimate of drug-likeness (QED) is 0.267. The van der Waals surface area contributed by atoms with Gasteiger partial charge in [-0.2, -0.15) is 0 Å². The van der Waals surface area contributed by atoms with Crippen molar-refractivity contribution in [2.24, 2.45) is 0 Å². The molecule has 1 fully saturated rings. The lowest BCUT2D eigenvalue weighted by Crippen LogP contribution is -2.41. The van der Waals surface area contributed by atoms with Crippen LogP contribution in [0, 0.1) is 10.1 Å². The number of nitrogens with one attached hydrogen (secondary N) is 2. The Morgan fingerprint density at radius 3 is 2.57 bits per heavy atom. The molecule has 1 atom stereocenters. The number of non-ortho nitro benzene ring substituents is 1. The molecule has 1 amide bonds. The highest BCUT2D eigenvalue weighted by Gasteiger charge is 2.25. The van der Waals surface area contributed by atoms with Crippen molar-refractivity contribution in [2.45, 2.75) is 57.6 Å². The molecular weight excluding hydrogens is 366 g/mol. The number of hydrogen-bond donors (Lipinski definition) is 3. The van der Waals surface area contributed by atoms with Crippen LogP contribution in [0.2, 0.25) is 0 Å². The number of nitrogens with zero attached hydrogens (tertiary/aromatic N) is 1. The smallest absolute Gasteiger partial charge is 0.341 e. The van der Waals surface area contributed by atoms with E-state index in [4.69, 9.17) is 9.84 Å². The number of amides is 1. The van der Waals surface area contributed by atoms with Crippen molar-refractivity contribution in [3.63, 3.8) is 0 Å². The number of nitro groups is 1. The molecule has 0 heterocycles. The molecule has 0 bridgehead atoms. The lowest BCUT2D eigenvalue weighted by atomic mass is 10.1. The maximum Gasteiger partial charge on any atom is 0.341 e.